The molecule has 5 nitrogen and oxygen atoms in total. The van der Waals surface area contributed by atoms with Crippen molar-refractivity contribution in [2.24, 2.45) is 0 Å². The Kier molecular flexibility index (Phi) is 5.70. The maximum absolute atomic E-state index is 13.6. The lowest BCUT2D eigenvalue weighted by Crippen LogP contribution is -2.34. The maximum Gasteiger partial charge on any atom is 0.234 e. The van der Waals surface area contributed by atoms with Gasteiger partial charge < -0.3 is 4.90 Å². The molecule has 0 bridgehead atoms. The molecule has 1 heterocycles. The van der Waals surface area contributed by atoms with Crippen LogP contribution < -0.4 is 0 Å². The summed E-state index contributed by atoms with van der Waals surface area (Å²) in [5.74, 6) is -0.269. The molecule has 150 valence electrons. The number of nitrogens with zero attached hydrogens (tertiary/aromatic N) is 4. The van der Waals surface area contributed by atoms with Crippen LogP contribution in [-0.4, -0.2) is 32.6 Å². The first kappa shape index (κ1) is 19.6. The summed E-state index contributed by atoms with van der Waals surface area (Å²) in [5.41, 5.74) is 3.99. The third-order valence-electron chi connectivity index (χ3n) is 5.50. The molecule has 0 saturated heterocycles. The molecule has 4 rings (SSSR count). The molecule has 0 unspecified atom stereocenters. The first-order valence-electron chi connectivity index (χ1n) is 9.96. The van der Waals surface area contributed by atoms with Gasteiger partial charge in [0.2, 0.25) is 5.91 Å². The second-order valence-electron chi connectivity index (χ2n) is 7.31. The van der Waals surface area contributed by atoms with Crippen molar-refractivity contribution in [2.45, 2.75) is 18.9 Å². The second kappa shape index (κ2) is 8.74. The minimum Gasteiger partial charge on any atom is -0.338 e. The van der Waals surface area contributed by atoms with Gasteiger partial charge in [-0.05, 0) is 35.7 Å². The van der Waals surface area contributed by atoms with Crippen LogP contribution in [0.3, 0.4) is 0 Å². The molecule has 0 aliphatic rings. The van der Waals surface area contributed by atoms with Crippen molar-refractivity contribution in [3.05, 3.63) is 114 Å². The highest BCUT2D eigenvalue weighted by Gasteiger charge is 2.28. The highest BCUT2D eigenvalue weighted by Crippen LogP contribution is 2.30. The summed E-state index contributed by atoms with van der Waals surface area (Å²) >= 11 is 0. The summed E-state index contributed by atoms with van der Waals surface area (Å²) in [5, 5.41) is 4.16. The van der Waals surface area contributed by atoms with Gasteiger partial charge in [0, 0.05) is 7.05 Å². The fourth-order valence-corrected chi connectivity index (χ4v) is 3.63. The number of benzene rings is 3. The third-order valence-corrected chi connectivity index (χ3v) is 5.50. The van der Waals surface area contributed by atoms with Gasteiger partial charge in [0.25, 0.3) is 0 Å². The Balaban J connectivity index is 1.60. The molecule has 30 heavy (non-hydrogen) atoms. The van der Waals surface area contributed by atoms with Crippen LogP contribution in [0, 0.1) is 0 Å². The lowest BCUT2D eigenvalue weighted by Gasteiger charge is -2.30. The number of hydrogen-bond donors (Lipinski definition) is 0. The zero-order valence-electron chi connectivity index (χ0n) is 17.1. The fourth-order valence-electron chi connectivity index (χ4n) is 3.63. The molecule has 4 aromatic rings. The number of hydrogen-bond acceptors (Lipinski definition) is 3. The monoisotopic (exact) mass is 396 g/mol. The molecule has 3 aromatic carbocycles. The van der Waals surface area contributed by atoms with Gasteiger partial charge in [-0.3, -0.25) is 4.79 Å². The van der Waals surface area contributed by atoms with Crippen LogP contribution in [0.1, 0.15) is 35.6 Å². The van der Waals surface area contributed by atoms with E-state index in [0.717, 1.165) is 22.4 Å². The fraction of sp³-hybridized carbons (Fsp3) is 0.160. The Bertz CT molecular complexity index is 1040. The molecule has 0 fully saturated rings. The van der Waals surface area contributed by atoms with Gasteiger partial charge in [-0.2, -0.15) is 5.10 Å². The molecule has 0 saturated carbocycles. The van der Waals surface area contributed by atoms with Crippen molar-refractivity contribution < 1.29 is 4.79 Å². The van der Waals surface area contributed by atoms with Crippen molar-refractivity contribution in [1.82, 2.24) is 19.7 Å². The maximum atomic E-state index is 13.6. The van der Waals surface area contributed by atoms with Crippen LogP contribution in [0.25, 0.3) is 5.69 Å². The van der Waals surface area contributed by atoms with E-state index in [9.17, 15) is 4.79 Å². The van der Waals surface area contributed by atoms with Crippen LogP contribution in [0.15, 0.2) is 97.6 Å². The van der Waals surface area contributed by atoms with E-state index in [0.29, 0.717) is 0 Å². The minimum atomic E-state index is -0.339. The molecule has 0 spiro atoms. The van der Waals surface area contributed by atoms with E-state index < -0.39 is 0 Å². The molecule has 1 aromatic heterocycles. The Morgan fingerprint density at radius 1 is 0.833 bits per heavy atom. The quantitative estimate of drug-likeness (QED) is 0.478. The number of likely N-dealkylation sites (N-methyl/N-ethyl adjacent to an activating group) is 1. The molecule has 0 radical (unpaired) electrons. The van der Waals surface area contributed by atoms with Crippen molar-refractivity contribution in [1.29, 1.82) is 0 Å². The van der Waals surface area contributed by atoms with Crippen molar-refractivity contribution in [2.75, 3.05) is 7.05 Å². The number of rotatable bonds is 6. The predicted molar refractivity (Wildman–Crippen MR) is 117 cm³/mol. The Labute approximate surface area is 176 Å². The summed E-state index contributed by atoms with van der Waals surface area (Å²) in [6.07, 6.45) is 3.18. The first-order valence-corrected chi connectivity index (χ1v) is 9.96. The van der Waals surface area contributed by atoms with Gasteiger partial charge in [0.1, 0.15) is 12.7 Å². The van der Waals surface area contributed by atoms with Crippen LogP contribution in [0.5, 0.6) is 0 Å². The van der Waals surface area contributed by atoms with Gasteiger partial charge in [0.05, 0.1) is 17.6 Å². The molecular weight excluding hydrogens is 372 g/mol. The average Bonchev–Trinajstić information content (AvgIpc) is 3.35. The molecule has 1 amide bonds. The molecule has 0 N–H and O–H groups in total. The van der Waals surface area contributed by atoms with Gasteiger partial charge in [-0.1, -0.05) is 72.8 Å². The lowest BCUT2D eigenvalue weighted by molar-refractivity contribution is -0.132. The number of carbonyl (C=O) groups is 1. The topological polar surface area (TPSA) is 51.0 Å². The van der Waals surface area contributed by atoms with E-state index in [1.807, 2.05) is 96.9 Å². The van der Waals surface area contributed by atoms with Crippen LogP contribution in [-0.2, 0) is 4.79 Å². The summed E-state index contributed by atoms with van der Waals surface area (Å²) in [7, 11) is 1.87. The summed E-state index contributed by atoms with van der Waals surface area (Å²) < 4.78 is 1.71. The van der Waals surface area contributed by atoms with Gasteiger partial charge in [-0.15, -0.1) is 0 Å². The van der Waals surface area contributed by atoms with Gasteiger partial charge >= 0.3 is 0 Å². The molecule has 0 aliphatic carbocycles. The molecule has 0 aliphatic heterocycles. The van der Waals surface area contributed by atoms with E-state index >= 15 is 0 Å². The van der Waals surface area contributed by atoms with E-state index in [-0.39, 0.29) is 17.9 Å². The van der Waals surface area contributed by atoms with Crippen LogP contribution in [0.4, 0.5) is 0 Å². The van der Waals surface area contributed by atoms with Gasteiger partial charge in [-0.25, -0.2) is 9.67 Å². The first-order chi connectivity index (χ1) is 14.6. The minimum absolute atomic E-state index is 0.0697. The highest BCUT2D eigenvalue weighted by atomic mass is 16.2. The van der Waals surface area contributed by atoms with Crippen LogP contribution >= 0.6 is 0 Å². The zero-order chi connectivity index (χ0) is 20.9. The van der Waals surface area contributed by atoms with Crippen molar-refractivity contribution in [3.8, 4) is 5.69 Å². The normalized spacial score (nSPS) is 12.0. The number of carbonyl (C=O) groups excluding carboxylic acids is 1. The van der Waals surface area contributed by atoms with E-state index in [4.69, 9.17) is 0 Å². The third kappa shape index (κ3) is 4.01. The summed E-state index contributed by atoms with van der Waals surface area (Å²) in [6, 6.07) is 27.9. The lowest BCUT2D eigenvalue weighted by atomic mass is 9.89. The van der Waals surface area contributed by atoms with Crippen LogP contribution in [0.2, 0.25) is 0 Å². The summed E-state index contributed by atoms with van der Waals surface area (Å²) in [6.45, 7) is 2.05. The Morgan fingerprint density at radius 2 is 1.40 bits per heavy atom. The molecule has 5 heteroatoms. The molecular formula is C25H24N4O. The van der Waals surface area contributed by atoms with Crippen molar-refractivity contribution >= 4 is 5.91 Å². The zero-order valence-corrected chi connectivity index (χ0v) is 17.1. The van der Waals surface area contributed by atoms with E-state index in [1.54, 1.807) is 11.0 Å². The summed E-state index contributed by atoms with van der Waals surface area (Å²) in [4.78, 5) is 19.4. The molecule has 1 atom stereocenters. The largest absolute Gasteiger partial charge is 0.338 e. The Morgan fingerprint density at radius 3 is 1.90 bits per heavy atom. The highest BCUT2D eigenvalue weighted by molar-refractivity contribution is 5.87. The SMILES string of the molecule is C[C@H](c1ccc(-n2cncn2)cc1)N(C)C(=O)C(c1ccccc1)c1ccccc1. The van der Waals surface area contributed by atoms with Gasteiger partial charge in [0.15, 0.2) is 0 Å². The van der Waals surface area contributed by atoms with Crippen molar-refractivity contribution in [3.63, 3.8) is 0 Å². The smallest absolute Gasteiger partial charge is 0.234 e. The standard InChI is InChI=1S/C25H24N4O/c1-19(20-13-15-23(16-14-20)29-18-26-17-27-29)28(2)25(30)24(21-9-5-3-6-10-21)22-11-7-4-8-12-22/h3-19,24H,1-2H3/t19-/m1/s1. The number of aromatic nitrogens is 3. The average molecular weight is 396 g/mol. The number of amides is 1. The Hall–Kier alpha value is -3.73. The predicted octanol–water partition coefficient (Wildman–Crippen LogP) is 4.62. The second-order valence-corrected chi connectivity index (χ2v) is 7.31. The van der Waals surface area contributed by atoms with E-state index in [1.165, 1.54) is 6.33 Å². The van der Waals surface area contributed by atoms with E-state index in [2.05, 4.69) is 17.0 Å².